The molecule has 1 aliphatic heterocycles. The number of alkyl halides is 3. The second-order valence-corrected chi connectivity index (χ2v) is 8.55. The van der Waals surface area contributed by atoms with Crippen molar-refractivity contribution in [2.24, 2.45) is 11.8 Å². The van der Waals surface area contributed by atoms with E-state index in [4.69, 9.17) is 10.0 Å². The quantitative estimate of drug-likeness (QED) is 0.435. The van der Waals surface area contributed by atoms with Gasteiger partial charge in [0, 0.05) is 6.04 Å². The maximum absolute atomic E-state index is 13.0. The smallest absolute Gasteiger partial charge is 0.451 e. The van der Waals surface area contributed by atoms with Gasteiger partial charge in [-0.05, 0) is 80.7 Å². The molecule has 3 N–H and O–H groups in total. The lowest BCUT2D eigenvalue weighted by molar-refractivity contribution is -0.145. The van der Waals surface area contributed by atoms with Crippen LogP contribution in [0.3, 0.4) is 0 Å². The molecular formula is C21H29BF3NO4. The third-order valence-electron chi connectivity index (χ3n) is 6.65. The van der Waals surface area contributed by atoms with Crippen molar-refractivity contribution >= 4 is 13.1 Å². The average molecular weight is 427 g/mol. The summed E-state index contributed by atoms with van der Waals surface area (Å²) in [6.45, 7) is 1.49. The summed E-state index contributed by atoms with van der Waals surface area (Å²) in [5.41, 5.74) is 1.14. The number of hydrogen-bond donors (Lipinski definition) is 3. The molecule has 3 rings (SSSR count). The number of unbranched alkanes of at least 4 members (excludes halogenated alkanes) is 1. The fourth-order valence-electron chi connectivity index (χ4n) is 5.04. The number of aliphatic carboxylic acids is 1. The van der Waals surface area contributed by atoms with E-state index >= 15 is 0 Å². The SMILES string of the molecule is O=C(O)C(CCCCB(O)O)C1CCN(C2CCc3cc(C(F)(F)F)ccc32)CC1. The highest BCUT2D eigenvalue weighted by molar-refractivity contribution is 6.40. The molecular weight excluding hydrogens is 398 g/mol. The van der Waals surface area contributed by atoms with Crippen molar-refractivity contribution in [1.82, 2.24) is 4.90 Å². The van der Waals surface area contributed by atoms with Gasteiger partial charge in [-0.3, -0.25) is 9.69 Å². The zero-order chi connectivity index (χ0) is 21.9. The van der Waals surface area contributed by atoms with E-state index in [-0.39, 0.29) is 18.3 Å². The van der Waals surface area contributed by atoms with Crippen LogP contribution in [0.4, 0.5) is 13.2 Å². The van der Waals surface area contributed by atoms with Crippen LogP contribution in [0.1, 0.15) is 61.3 Å². The van der Waals surface area contributed by atoms with Crippen molar-refractivity contribution < 1.29 is 33.1 Å². The minimum absolute atomic E-state index is 0.0753. The highest BCUT2D eigenvalue weighted by Gasteiger charge is 2.37. The van der Waals surface area contributed by atoms with Crippen molar-refractivity contribution in [3.63, 3.8) is 0 Å². The standard InChI is InChI=1S/C21H29BF3NO4/c23-21(24,25)16-5-6-17-15(13-16)4-7-19(17)26-11-8-14(9-12-26)18(20(27)28)3-1-2-10-22(29)30/h5-6,13-14,18-19,29-30H,1-4,7-12H2,(H,27,28). The summed E-state index contributed by atoms with van der Waals surface area (Å²) in [6.07, 6.45) is 0.628. The number of nitrogens with zero attached hydrogens (tertiary/aromatic N) is 1. The molecule has 0 radical (unpaired) electrons. The van der Waals surface area contributed by atoms with Gasteiger partial charge in [-0.25, -0.2) is 0 Å². The van der Waals surface area contributed by atoms with Gasteiger partial charge in [0.1, 0.15) is 0 Å². The monoisotopic (exact) mass is 427 g/mol. The van der Waals surface area contributed by atoms with E-state index in [1.54, 1.807) is 6.07 Å². The van der Waals surface area contributed by atoms with Crippen LogP contribution in [0, 0.1) is 11.8 Å². The molecule has 5 nitrogen and oxygen atoms in total. The van der Waals surface area contributed by atoms with Crippen LogP contribution in [0.25, 0.3) is 0 Å². The fraction of sp³-hybridized carbons (Fsp3) is 0.667. The Morgan fingerprint density at radius 1 is 1.17 bits per heavy atom. The van der Waals surface area contributed by atoms with Crippen LogP contribution in [0.15, 0.2) is 18.2 Å². The number of carboxylic acids is 1. The Balaban J connectivity index is 1.56. The molecule has 0 amide bonds. The van der Waals surface area contributed by atoms with Crippen molar-refractivity contribution in [1.29, 1.82) is 0 Å². The maximum atomic E-state index is 13.0. The number of hydrogen-bond acceptors (Lipinski definition) is 4. The summed E-state index contributed by atoms with van der Waals surface area (Å²) in [5, 5.41) is 27.5. The van der Waals surface area contributed by atoms with Gasteiger partial charge in [0.05, 0.1) is 11.5 Å². The van der Waals surface area contributed by atoms with Crippen molar-refractivity contribution in [3.8, 4) is 0 Å². The maximum Gasteiger partial charge on any atom is 0.451 e. The van der Waals surface area contributed by atoms with Crippen LogP contribution in [-0.2, 0) is 17.4 Å². The first-order chi connectivity index (χ1) is 14.2. The molecule has 1 aromatic carbocycles. The summed E-state index contributed by atoms with van der Waals surface area (Å²) >= 11 is 0. The Hall–Kier alpha value is -1.58. The lowest BCUT2D eigenvalue weighted by Gasteiger charge is -2.38. The van der Waals surface area contributed by atoms with E-state index in [1.807, 2.05) is 0 Å². The molecule has 1 aromatic rings. The molecule has 9 heteroatoms. The van der Waals surface area contributed by atoms with Gasteiger partial charge in [-0.2, -0.15) is 13.2 Å². The number of piperidine rings is 1. The number of fused-ring (bicyclic) bond motifs is 1. The highest BCUT2D eigenvalue weighted by atomic mass is 19.4. The number of likely N-dealkylation sites (tertiary alicyclic amines) is 1. The van der Waals surface area contributed by atoms with E-state index in [9.17, 15) is 23.1 Å². The second kappa shape index (κ2) is 9.70. The second-order valence-electron chi connectivity index (χ2n) is 8.55. The van der Waals surface area contributed by atoms with Crippen LogP contribution in [0.2, 0.25) is 6.32 Å². The topological polar surface area (TPSA) is 81.0 Å². The van der Waals surface area contributed by atoms with Gasteiger partial charge >= 0.3 is 19.3 Å². The molecule has 2 aliphatic rings. The van der Waals surface area contributed by atoms with E-state index in [1.165, 1.54) is 6.07 Å². The number of halogens is 3. The zero-order valence-electron chi connectivity index (χ0n) is 16.9. The van der Waals surface area contributed by atoms with Crippen LogP contribution >= 0.6 is 0 Å². The minimum Gasteiger partial charge on any atom is -0.481 e. The molecule has 0 bridgehead atoms. The van der Waals surface area contributed by atoms with Crippen molar-refractivity contribution in [2.75, 3.05) is 13.1 Å². The molecule has 30 heavy (non-hydrogen) atoms. The van der Waals surface area contributed by atoms with Crippen LogP contribution in [0.5, 0.6) is 0 Å². The Morgan fingerprint density at radius 2 is 1.87 bits per heavy atom. The first-order valence-corrected chi connectivity index (χ1v) is 10.7. The summed E-state index contributed by atoms with van der Waals surface area (Å²) in [6, 6.07) is 4.15. The Bertz CT molecular complexity index is 735. The van der Waals surface area contributed by atoms with Crippen molar-refractivity contribution in [2.45, 2.75) is 63.5 Å². The molecule has 0 aromatic heterocycles. The molecule has 2 atom stereocenters. The Labute approximate surface area is 175 Å². The summed E-state index contributed by atoms with van der Waals surface area (Å²) in [7, 11) is -1.35. The van der Waals surface area contributed by atoms with Gasteiger partial charge in [0.15, 0.2) is 0 Å². The lowest BCUT2D eigenvalue weighted by atomic mass is 9.78. The average Bonchev–Trinajstić information content (AvgIpc) is 3.10. The summed E-state index contributed by atoms with van der Waals surface area (Å²) in [5.74, 6) is -1.16. The predicted molar refractivity (Wildman–Crippen MR) is 107 cm³/mol. The highest BCUT2D eigenvalue weighted by Crippen LogP contribution is 2.41. The first-order valence-electron chi connectivity index (χ1n) is 10.7. The lowest BCUT2D eigenvalue weighted by Crippen LogP contribution is -2.39. The van der Waals surface area contributed by atoms with E-state index < -0.39 is 30.7 Å². The van der Waals surface area contributed by atoms with E-state index in [2.05, 4.69) is 4.90 Å². The number of carbonyl (C=O) groups is 1. The molecule has 166 valence electrons. The largest absolute Gasteiger partial charge is 0.481 e. The first kappa shape index (κ1) is 23.1. The molecule has 1 fully saturated rings. The van der Waals surface area contributed by atoms with Gasteiger partial charge < -0.3 is 15.2 Å². The third kappa shape index (κ3) is 5.56. The van der Waals surface area contributed by atoms with Gasteiger partial charge in [-0.15, -0.1) is 0 Å². The molecule has 1 saturated heterocycles. The molecule has 1 aliphatic carbocycles. The summed E-state index contributed by atoms with van der Waals surface area (Å²) < 4.78 is 38.9. The molecule has 0 saturated carbocycles. The Kier molecular flexibility index (Phi) is 7.47. The van der Waals surface area contributed by atoms with Crippen LogP contribution < -0.4 is 0 Å². The van der Waals surface area contributed by atoms with Crippen LogP contribution in [-0.4, -0.2) is 46.2 Å². The number of aryl methyl sites for hydroxylation is 1. The summed E-state index contributed by atoms with van der Waals surface area (Å²) in [4.78, 5) is 14.0. The molecule has 2 unspecified atom stereocenters. The zero-order valence-corrected chi connectivity index (χ0v) is 16.9. The van der Waals surface area contributed by atoms with Gasteiger partial charge in [-0.1, -0.05) is 18.9 Å². The number of carboxylic acid groups (broad SMARTS) is 1. The van der Waals surface area contributed by atoms with Crippen molar-refractivity contribution in [3.05, 3.63) is 34.9 Å². The molecule has 0 spiro atoms. The normalized spacial score (nSPS) is 21.4. The number of rotatable bonds is 8. The number of benzene rings is 1. The Morgan fingerprint density at radius 3 is 2.47 bits per heavy atom. The fourth-order valence-corrected chi connectivity index (χ4v) is 5.04. The van der Waals surface area contributed by atoms with E-state index in [0.29, 0.717) is 25.7 Å². The van der Waals surface area contributed by atoms with E-state index in [0.717, 1.165) is 49.5 Å². The third-order valence-corrected chi connectivity index (χ3v) is 6.65. The van der Waals surface area contributed by atoms with Gasteiger partial charge in [0.25, 0.3) is 0 Å². The minimum atomic E-state index is -4.33. The predicted octanol–water partition coefficient (Wildman–Crippen LogP) is 3.75. The molecule has 1 heterocycles. The van der Waals surface area contributed by atoms with Gasteiger partial charge in [0.2, 0.25) is 0 Å².